The van der Waals surface area contributed by atoms with Crippen molar-refractivity contribution in [3.8, 4) is 57.2 Å². The fraction of sp³-hybridized carbons (Fsp3) is 0.406. The van der Waals surface area contributed by atoms with Crippen LogP contribution in [0.3, 0.4) is 0 Å². The highest BCUT2D eigenvalue weighted by molar-refractivity contribution is 6.02. The normalized spacial score (nSPS) is 14.0. The molecule has 0 spiro atoms. The highest BCUT2D eigenvalue weighted by Crippen LogP contribution is 2.42. The van der Waals surface area contributed by atoms with Crippen molar-refractivity contribution in [1.82, 2.24) is 64.0 Å². The van der Waals surface area contributed by atoms with Crippen LogP contribution < -0.4 is 53.8 Å². The molecular weight excluding hydrogens is 1560 g/mol. The van der Waals surface area contributed by atoms with Gasteiger partial charge in [-0.2, -0.15) is 20.4 Å². The van der Waals surface area contributed by atoms with Gasteiger partial charge in [0.1, 0.15) is 34.5 Å². The summed E-state index contributed by atoms with van der Waals surface area (Å²) in [4.78, 5) is 9.64. The van der Waals surface area contributed by atoms with Crippen molar-refractivity contribution < 1.29 is 28.4 Å². The zero-order valence-electron chi connectivity index (χ0n) is 77.6. The zero-order chi connectivity index (χ0) is 88.9. The Morgan fingerprint density at radius 2 is 0.688 bits per heavy atom. The molecule has 0 aliphatic carbocycles. The molecule has 0 saturated carbocycles. The van der Waals surface area contributed by atoms with Gasteiger partial charge in [-0.15, -0.1) is 20.4 Å². The second-order valence-electron chi connectivity index (χ2n) is 32.7. The van der Waals surface area contributed by atoms with Gasteiger partial charge in [0.25, 0.3) is 0 Å². The number of benzene rings is 6. The molecule has 16 rings (SSSR count). The predicted molar refractivity (Wildman–Crippen MR) is 511 cm³/mol. The number of aryl methyl sites for hydroxylation is 12. The summed E-state index contributed by atoms with van der Waals surface area (Å²) in [6, 6.07) is 49.4. The summed E-state index contributed by atoms with van der Waals surface area (Å²) in [5, 5.41) is 52.8. The van der Waals surface area contributed by atoms with Gasteiger partial charge < -0.3 is 76.9 Å². The number of nitrogens with zero attached hydrogens (tertiary/aromatic N) is 16. The standard InChI is InChI=1S/C28H33N5O2.C25H28N4O2.C24H35N5O.C24H32N4O/c1-6-35-23-13-11-22(12-14-23)33-20(3)26-19(2)29-30-28(27(26)21(33)4)32-17-15-31(16-18-32)24-9-7-8-10-25(24)34-5;1-6-31-22-13-9-20(10-14-22)29-17(3)23-16(2)27-28-25(24(23)18(29)4)26-15-19-7-11-21(30-5)12-8-19;1-7-28(8-2)16-10-15-25-24-23-19(6)29(18(5)22(23)17(4)26-27-24)20-11-13-21(14-12-20)30-9-3;1-7-29-21-10-8-20(9-11-21)28-18(5)22-17(4)25-26-24(23(22)19(28)6)27-13-15(2)12-16(3)14-27/h7-14H,6,15-18H2,1-5H3;7-14H,6,15H2,1-5H3,(H,26,28);11-14H,7-10,15-16H2,1-6H3,(H,25,27);8-11,15-16H,7,12-14H2,1-6H3. The molecule has 0 bridgehead atoms. The Morgan fingerprint density at radius 3 is 1.06 bits per heavy atom. The lowest BCUT2D eigenvalue weighted by molar-refractivity contribution is 0.303. The van der Waals surface area contributed by atoms with Crippen LogP contribution in [-0.2, 0) is 6.54 Å². The minimum atomic E-state index is 0.656. The third-order valence-corrected chi connectivity index (χ3v) is 24.4. The van der Waals surface area contributed by atoms with E-state index in [1.807, 2.05) is 133 Å². The van der Waals surface area contributed by atoms with Crippen LogP contribution in [0, 0.1) is 94.9 Å². The summed E-state index contributed by atoms with van der Waals surface area (Å²) < 4.78 is 42.5. The average molecular weight is 1690 g/mol. The first kappa shape index (κ1) is 90.3. The molecule has 6 aromatic carbocycles. The topological polar surface area (TPSA) is 215 Å². The SMILES string of the molecule is CCOc1ccc(-n2c(C)c3c(C)nnc(N4CC(C)CC(C)C4)c3c2C)cc1.CCOc1ccc(-n2c(C)c3c(C)nnc(N4CCN(c5ccccc5OC)CC4)c3c2C)cc1.CCOc1ccc(-n2c(C)c3c(C)nnc(NCCCN(CC)CC)c3c2C)cc1.CCOc1ccc(-n2c(C)c3c(C)nnc(NCc4ccc(OC)cc4)c3c2C)cc1. The van der Waals surface area contributed by atoms with E-state index in [-0.39, 0.29) is 0 Å². The monoisotopic (exact) mass is 1690 g/mol. The van der Waals surface area contributed by atoms with Crippen molar-refractivity contribution in [3.05, 3.63) is 219 Å². The lowest BCUT2D eigenvalue weighted by atomic mass is 9.91. The van der Waals surface area contributed by atoms with Crippen LogP contribution in [0.1, 0.15) is 142 Å². The van der Waals surface area contributed by atoms with Gasteiger partial charge in [0.05, 0.1) is 69.1 Å². The summed E-state index contributed by atoms with van der Waals surface area (Å²) >= 11 is 0. The molecular formula is C101H128N18O6. The maximum absolute atomic E-state index is 5.64. The molecule has 2 unspecified atom stereocenters. The number of hydrogen-bond donors (Lipinski definition) is 2. The van der Waals surface area contributed by atoms with Crippen molar-refractivity contribution >= 4 is 72.0 Å². The number of para-hydroxylation sites is 2. The predicted octanol–water partition coefficient (Wildman–Crippen LogP) is 20.6. The highest BCUT2D eigenvalue weighted by Gasteiger charge is 2.31. The van der Waals surface area contributed by atoms with E-state index >= 15 is 0 Å². The molecule has 2 atom stereocenters. The Labute approximate surface area is 738 Å². The molecule has 2 saturated heterocycles. The largest absolute Gasteiger partial charge is 0.497 e. The van der Waals surface area contributed by atoms with Gasteiger partial charge in [-0.25, -0.2) is 0 Å². The summed E-state index contributed by atoms with van der Waals surface area (Å²) in [6.45, 7) is 55.7. The van der Waals surface area contributed by atoms with Gasteiger partial charge in [-0.05, 0) is 282 Å². The van der Waals surface area contributed by atoms with Crippen LogP contribution in [0.5, 0.6) is 34.5 Å². The molecule has 24 heteroatoms. The zero-order valence-corrected chi connectivity index (χ0v) is 77.6. The molecule has 2 aliphatic heterocycles. The molecule has 8 aromatic heterocycles. The number of fused-ring (bicyclic) bond motifs is 4. The summed E-state index contributed by atoms with van der Waals surface area (Å²) in [6.07, 6.45) is 2.36. The second kappa shape index (κ2) is 40.9. The fourth-order valence-electron chi connectivity index (χ4n) is 18.7. The van der Waals surface area contributed by atoms with E-state index in [0.29, 0.717) is 44.8 Å². The number of methoxy groups -OCH3 is 2. The second-order valence-corrected chi connectivity index (χ2v) is 32.7. The maximum Gasteiger partial charge on any atom is 0.161 e. The molecule has 125 heavy (non-hydrogen) atoms. The van der Waals surface area contributed by atoms with E-state index in [0.717, 1.165) is 214 Å². The highest BCUT2D eigenvalue weighted by atomic mass is 16.5. The van der Waals surface area contributed by atoms with Gasteiger partial charge in [0, 0.05) is 164 Å². The van der Waals surface area contributed by atoms with Crippen LogP contribution in [0.2, 0.25) is 0 Å². The number of nitrogens with one attached hydrogen (secondary N) is 2. The minimum Gasteiger partial charge on any atom is -0.497 e. The number of aromatic nitrogens is 12. The first-order valence-electron chi connectivity index (χ1n) is 44.5. The first-order chi connectivity index (χ1) is 60.5. The number of piperidine rings is 1. The van der Waals surface area contributed by atoms with E-state index in [1.54, 1.807) is 14.2 Å². The smallest absolute Gasteiger partial charge is 0.161 e. The molecule has 0 radical (unpaired) electrons. The third kappa shape index (κ3) is 19.4. The van der Waals surface area contributed by atoms with Gasteiger partial charge in [-0.1, -0.05) is 52.0 Å². The average Bonchev–Trinajstić information content (AvgIpc) is 1.61. The van der Waals surface area contributed by atoms with Gasteiger partial charge in [0.2, 0.25) is 0 Å². The molecule has 10 heterocycles. The molecule has 2 fully saturated rings. The van der Waals surface area contributed by atoms with Crippen molar-refractivity contribution in [2.45, 2.75) is 158 Å². The summed E-state index contributed by atoms with van der Waals surface area (Å²) in [7, 11) is 3.40. The van der Waals surface area contributed by atoms with Crippen molar-refractivity contribution in [3.63, 3.8) is 0 Å². The number of rotatable bonds is 27. The number of hydrogen-bond acceptors (Lipinski definition) is 20. The minimum absolute atomic E-state index is 0.656. The Morgan fingerprint density at radius 1 is 0.352 bits per heavy atom. The lowest BCUT2D eigenvalue weighted by Gasteiger charge is -2.37. The van der Waals surface area contributed by atoms with E-state index in [2.05, 4.69) is 235 Å². The lowest BCUT2D eigenvalue weighted by Crippen LogP contribution is -2.47. The first-order valence-corrected chi connectivity index (χ1v) is 44.5. The van der Waals surface area contributed by atoms with Crippen LogP contribution >= 0.6 is 0 Å². The van der Waals surface area contributed by atoms with E-state index in [1.165, 1.54) is 67.5 Å². The van der Waals surface area contributed by atoms with Crippen molar-refractivity contribution in [2.24, 2.45) is 11.8 Å². The van der Waals surface area contributed by atoms with Crippen LogP contribution in [0.25, 0.3) is 65.8 Å². The van der Waals surface area contributed by atoms with Crippen LogP contribution in [-0.4, -0.2) is 170 Å². The molecule has 658 valence electrons. The maximum atomic E-state index is 5.64. The fourth-order valence-corrected chi connectivity index (χ4v) is 18.7. The number of ether oxygens (including phenoxy) is 6. The molecule has 14 aromatic rings. The Hall–Kier alpha value is -12.4. The van der Waals surface area contributed by atoms with E-state index in [9.17, 15) is 0 Å². The van der Waals surface area contributed by atoms with Gasteiger partial charge in [0.15, 0.2) is 23.3 Å². The van der Waals surface area contributed by atoms with Gasteiger partial charge in [-0.3, -0.25) is 0 Å². The van der Waals surface area contributed by atoms with Crippen LogP contribution in [0.4, 0.5) is 29.0 Å². The van der Waals surface area contributed by atoms with Crippen molar-refractivity contribution in [2.75, 3.05) is 131 Å². The van der Waals surface area contributed by atoms with Gasteiger partial charge >= 0.3 is 0 Å². The summed E-state index contributed by atoms with van der Waals surface area (Å²) in [5.74, 6) is 10.3. The molecule has 2 aliphatic rings. The third-order valence-electron chi connectivity index (χ3n) is 24.4. The van der Waals surface area contributed by atoms with Crippen LogP contribution in [0.15, 0.2) is 146 Å². The Kier molecular flexibility index (Phi) is 29.6. The van der Waals surface area contributed by atoms with E-state index in [4.69, 9.17) is 33.5 Å². The van der Waals surface area contributed by atoms with E-state index < -0.39 is 0 Å². The number of piperazine rings is 1. The Balaban J connectivity index is 0.000000143. The Bertz CT molecular complexity index is 5980. The summed E-state index contributed by atoms with van der Waals surface area (Å²) in [5.41, 5.74) is 20.1. The molecule has 2 N–H and O–H groups in total. The van der Waals surface area contributed by atoms with Crippen molar-refractivity contribution in [1.29, 1.82) is 0 Å². The quantitative estimate of drug-likeness (QED) is 0.0458. The molecule has 0 amide bonds. The number of anilines is 5. The molecule has 24 nitrogen and oxygen atoms in total.